The second-order valence-corrected chi connectivity index (χ2v) is 7.75. The van der Waals surface area contributed by atoms with Gasteiger partial charge in [0.25, 0.3) is 11.7 Å². The van der Waals surface area contributed by atoms with E-state index in [2.05, 4.69) is 17.2 Å². The van der Waals surface area contributed by atoms with Crippen LogP contribution in [0.15, 0.2) is 24.3 Å². The number of aryl methyl sites for hydroxylation is 1. The lowest BCUT2D eigenvalue weighted by Gasteiger charge is -2.29. The summed E-state index contributed by atoms with van der Waals surface area (Å²) in [7, 11) is 0. The Bertz CT molecular complexity index is 966. The second kappa shape index (κ2) is 9.24. The van der Waals surface area contributed by atoms with Crippen molar-refractivity contribution >= 4 is 17.7 Å². The SMILES string of the molecule is CCOC(=O)c1c(C)[nH]c(C(=O)C(=O)N[C@@H]2CCCC[C@@H]2C)c1-c1ccccc1F. The summed E-state index contributed by atoms with van der Waals surface area (Å²) in [6.07, 6.45) is 3.92. The molecule has 0 unspecified atom stereocenters. The van der Waals surface area contributed by atoms with Crippen LogP contribution in [0.4, 0.5) is 4.39 Å². The predicted molar refractivity (Wildman–Crippen MR) is 111 cm³/mol. The Kier molecular flexibility index (Phi) is 6.70. The molecule has 1 aromatic heterocycles. The standard InChI is InChI=1S/C23H27FN2O4/c1-4-30-23(29)18-14(3)25-20(19(18)15-10-6-7-11-16(15)24)21(27)22(28)26-17-12-8-5-9-13(17)2/h6-7,10-11,13,17,25H,4-5,8-9,12H2,1-3H3,(H,26,28)/t13-,17+/m0/s1. The number of ether oxygens (including phenoxy) is 1. The highest BCUT2D eigenvalue weighted by atomic mass is 19.1. The largest absolute Gasteiger partial charge is 0.462 e. The van der Waals surface area contributed by atoms with Crippen LogP contribution >= 0.6 is 0 Å². The van der Waals surface area contributed by atoms with Crippen LogP contribution in [0, 0.1) is 18.7 Å². The van der Waals surface area contributed by atoms with E-state index in [1.165, 1.54) is 18.2 Å². The smallest absolute Gasteiger partial charge is 0.340 e. The third-order valence-corrected chi connectivity index (χ3v) is 5.67. The molecule has 160 valence electrons. The Hall–Kier alpha value is -2.96. The zero-order valence-corrected chi connectivity index (χ0v) is 17.5. The van der Waals surface area contributed by atoms with Crippen molar-refractivity contribution in [3.05, 3.63) is 47.0 Å². The highest BCUT2D eigenvalue weighted by molar-refractivity contribution is 6.44. The molecule has 3 rings (SSSR count). The molecule has 0 radical (unpaired) electrons. The molecule has 0 saturated heterocycles. The van der Waals surface area contributed by atoms with E-state index in [0.29, 0.717) is 5.69 Å². The van der Waals surface area contributed by atoms with Crippen molar-refractivity contribution in [2.24, 2.45) is 5.92 Å². The zero-order chi connectivity index (χ0) is 21.8. The van der Waals surface area contributed by atoms with Crippen molar-refractivity contribution in [2.75, 3.05) is 6.61 Å². The monoisotopic (exact) mass is 414 g/mol. The van der Waals surface area contributed by atoms with E-state index in [1.54, 1.807) is 19.9 Å². The molecule has 0 spiro atoms. The van der Waals surface area contributed by atoms with Crippen LogP contribution in [0.3, 0.4) is 0 Å². The predicted octanol–water partition coefficient (Wildman–Crippen LogP) is 4.18. The molecular formula is C23H27FN2O4. The van der Waals surface area contributed by atoms with E-state index >= 15 is 0 Å². The van der Waals surface area contributed by atoms with Gasteiger partial charge in [0.1, 0.15) is 11.5 Å². The number of hydrogen-bond donors (Lipinski definition) is 2. The molecular weight excluding hydrogens is 387 g/mol. The molecule has 0 aliphatic heterocycles. The number of carbonyl (C=O) groups excluding carboxylic acids is 3. The average molecular weight is 414 g/mol. The summed E-state index contributed by atoms with van der Waals surface area (Å²) in [5, 5.41) is 2.82. The minimum Gasteiger partial charge on any atom is -0.462 e. The van der Waals surface area contributed by atoms with Gasteiger partial charge < -0.3 is 15.0 Å². The maximum absolute atomic E-state index is 14.6. The summed E-state index contributed by atoms with van der Waals surface area (Å²) < 4.78 is 19.7. The molecule has 1 heterocycles. The molecule has 1 aliphatic rings. The summed E-state index contributed by atoms with van der Waals surface area (Å²) >= 11 is 0. The number of esters is 1. The van der Waals surface area contributed by atoms with Crippen molar-refractivity contribution < 1.29 is 23.5 Å². The molecule has 1 fully saturated rings. The van der Waals surface area contributed by atoms with Crippen molar-refractivity contribution in [3.63, 3.8) is 0 Å². The van der Waals surface area contributed by atoms with Gasteiger partial charge in [-0.2, -0.15) is 0 Å². The van der Waals surface area contributed by atoms with Gasteiger partial charge >= 0.3 is 5.97 Å². The lowest BCUT2D eigenvalue weighted by molar-refractivity contribution is -0.118. The van der Waals surface area contributed by atoms with Crippen molar-refractivity contribution in [2.45, 2.75) is 52.5 Å². The molecule has 0 bridgehead atoms. The van der Waals surface area contributed by atoms with Gasteiger partial charge in [0.2, 0.25) is 0 Å². The van der Waals surface area contributed by atoms with Crippen molar-refractivity contribution in [1.82, 2.24) is 10.3 Å². The number of rotatable bonds is 6. The lowest BCUT2D eigenvalue weighted by Crippen LogP contribution is -2.44. The van der Waals surface area contributed by atoms with Gasteiger partial charge in [-0.05, 0) is 38.7 Å². The maximum Gasteiger partial charge on any atom is 0.340 e. The Morgan fingerprint density at radius 1 is 1.20 bits per heavy atom. The number of Topliss-reactive ketones (excluding diaryl/α,β-unsaturated/α-hetero) is 1. The fraction of sp³-hybridized carbons (Fsp3) is 0.435. The maximum atomic E-state index is 14.6. The third-order valence-electron chi connectivity index (χ3n) is 5.67. The highest BCUT2D eigenvalue weighted by Gasteiger charge is 2.32. The summed E-state index contributed by atoms with van der Waals surface area (Å²) in [5.41, 5.74) is 0.410. The average Bonchev–Trinajstić information content (AvgIpc) is 3.06. The van der Waals surface area contributed by atoms with Crippen molar-refractivity contribution in [3.8, 4) is 11.1 Å². The molecule has 2 aromatic rings. The van der Waals surface area contributed by atoms with Crippen molar-refractivity contribution in [1.29, 1.82) is 0 Å². The fourth-order valence-corrected chi connectivity index (χ4v) is 4.07. The molecule has 1 aliphatic carbocycles. The molecule has 7 heteroatoms. The van der Waals surface area contributed by atoms with E-state index in [-0.39, 0.29) is 41.0 Å². The minimum absolute atomic E-state index is 0.0564. The van der Waals surface area contributed by atoms with E-state index in [0.717, 1.165) is 25.7 Å². The number of aromatic amines is 1. The van der Waals surface area contributed by atoms with Crippen LogP contribution in [0.2, 0.25) is 0 Å². The first-order valence-electron chi connectivity index (χ1n) is 10.3. The molecule has 30 heavy (non-hydrogen) atoms. The first-order valence-corrected chi connectivity index (χ1v) is 10.3. The van der Waals surface area contributed by atoms with Crippen LogP contribution in [0.25, 0.3) is 11.1 Å². The minimum atomic E-state index is -0.829. The Morgan fingerprint density at radius 2 is 1.90 bits per heavy atom. The number of carbonyl (C=O) groups is 3. The normalized spacial score (nSPS) is 18.7. The van der Waals surface area contributed by atoms with Gasteiger partial charge in [0, 0.05) is 22.9 Å². The molecule has 2 N–H and O–H groups in total. The summed E-state index contributed by atoms with van der Waals surface area (Å²) in [4.78, 5) is 41.2. The molecule has 1 saturated carbocycles. The number of hydrogen-bond acceptors (Lipinski definition) is 4. The number of aromatic nitrogens is 1. The van der Waals surface area contributed by atoms with Crippen LogP contribution in [0.1, 0.15) is 66.1 Å². The first kappa shape index (κ1) is 21.7. The zero-order valence-electron chi connectivity index (χ0n) is 17.5. The number of benzene rings is 1. The van der Waals surface area contributed by atoms with E-state index < -0.39 is 23.5 Å². The van der Waals surface area contributed by atoms with Gasteiger partial charge in [0.05, 0.1) is 12.2 Å². The van der Waals surface area contributed by atoms with Gasteiger partial charge in [-0.15, -0.1) is 0 Å². The highest BCUT2D eigenvalue weighted by Crippen LogP contribution is 2.33. The Labute approximate surface area is 175 Å². The molecule has 2 atom stereocenters. The van der Waals surface area contributed by atoms with Crippen LogP contribution in [-0.2, 0) is 9.53 Å². The number of halogens is 1. The van der Waals surface area contributed by atoms with Crippen LogP contribution in [-0.4, -0.2) is 35.3 Å². The second-order valence-electron chi connectivity index (χ2n) is 7.75. The summed E-state index contributed by atoms with van der Waals surface area (Å²) in [5.74, 6) is -2.59. The molecule has 1 amide bonds. The number of nitrogens with one attached hydrogen (secondary N) is 2. The third kappa shape index (κ3) is 4.30. The fourth-order valence-electron chi connectivity index (χ4n) is 4.07. The van der Waals surface area contributed by atoms with E-state index in [4.69, 9.17) is 4.74 Å². The van der Waals surface area contributed by atoms with Gasteiger partial charge in [0.15, 0.2) is 0 Å². The quantitative estimate of drug-likeness (QED) is 0.422. The van der Waals surface area contributed by atoms with Gasteiger partial charge in [-0.1, -0.05) is 38.0 Å². The van der Waals surface area contributed by atoms with Crippen LogP contribution < -0.4 is 5.32 Å². The van der Waals surface area contributed by atoms with Gasteiger partial charge in [-0.25, -0.2) is 9.18 Å². The number of ketones is 1. The Balaban J connectivity index is 2.02. The van der Waals surface area contributed by atoms with E-state index in [1.807, 2.05) is 0 Å². The number of amides is 1. The molecule has 1 aromatic carbocycles. The first-order chi connectivity index (χ1) is 14.3. The summed E-state index contributed by atoms with van der Waals surface area (Å²) in [6, 6.07) is 5.76. The molecule has 6 nitrogen and oxygen atoms in total. The lowest BCUT2D eigenvalue weighted by atomic mass is 9.86. The number of H-pyrrole nitrogens is 1. The van der Waals surface area contributed by atoms with E-state index in [9.17, 15) is 18.8 Å². The Morgan fingerprint density at radius 3 is 2.57 bits per heavy atom. The van der Waals surface area contributed by atoms with Crippen LogP contribution in [0.5, 0.6) is 0 Å². The topological polar surface area (TPSA) is 88.3 Å². The summed E-state index contributed by atoms with van der Waals surface area (Å²) in [6.45, 7) is 5.43. The van der Waals surface area contributed by atoms with Gasteiger partial charge in [-0.3, -0.25) is 9.59 Å².